The molecule has 1 fully saturated rings. The SMILES string of the molecule is CN(C)C1=CC(N)(c2cccc(Cl)c2Cl)N=C(N2CCN(c3ccccn3)CC2)N1. The summed E-state index contributed by atoms with van der Waals surface area (Å²) in [6.45, 7) is 3.27. The summed E-state index contributed by atoms with van der Waals surface area (Å²) in [6.07, 6.45) is 3.69. The number of piperazine rings is 1. The first-order valence-corrected chi connectivity index (χ1v) is 10.5. The Bertz CT molecular complexity index is 969. The number of nitrogens with one attached hydrogen (secondary N) is 1. The summed E-state index contributed by atoms with van der Waals surface area (Å²) in [5, 5.41) is 4.28. The molecule has 0 bridgehead atoms. The molecule has 7 nitrogen and oxygen atoms in total. The van der Waals surface area contributed by atoms with E-state index in [0.29, 0.717) is 15.6 Å². The molecule has 1 unspecified atom stereocenters. The van der Waals surface area contributed by atoms with Gasteiger partial charge in [0.25, 0.3) is 0 Å². The number of nitrogens with two attached hydrogens (primary N) is 1. The Labute approximate surface area is 186 Å². The normalized spacial score (nSPS) is 21.6. The number of pyridine rings is 1. The Morgan fingerprint density at radius 3 is 2.43 bits per heavy atom. The van der Waals surface area contributed by atoms with Crippen LogP contribution in [0.15, 0.2) is 59.5 Å². The highest BCUT2D eigenvalue weighted by atomic mass is 35.5. The van der Waals surface area contributed by atoms with Gasteiger partial charge in [-0.15, -0.1) is 0 Å². The number of hydrogen-bond acceptors (Lipinski definition) is 7. The maximum atomic E-state index is 6.77. The number of aliphatic imine (C=N–C) groups is 1. The third kappa shape index (κ3) is 4.05. The van der Waals surface area contributed by atoms with Crippen molar-refractivity contribution in [2.45, 2.75) is 5.66 Å². The van der Waals surface area contributed by atoms with Gasteiger partial charge in [-0.2, -0.15) is 0 Å². The van der Waals surface area contributed by atoms with Crippen LogP contribution in [0.4, 0.5) is 5.82 Å². The summed E-state index contributed by atoms with van der Waals surface area (Å²) in [4.78, 5) is 15.8. The van der Waals surface area contributed by atoms with Crippen LogP contribution in [0.25, 0.3) is 0 Å². The smallest absolute Gasteiger partial charge is 0.202 e. The van der Waals surface area contributed by atoms with E-state index >= 15 is 0 Å². The van der Waals surface area contributed by atoms with Gasteiger partial charge in [-0.25, -0.2) is 9.98 Å². The van der Waals surface area contributed by atoms with Gasteiger partial charge < -0.3 is 20.0 Å². The van der Waals surface area contributed by atoms with Gasteiger partial charge in [-0.1, -0.05) is 41.4 Å². The lowest BCUT2D eigenvalue weighted by molar-refractivity contribution is 0.352. The van der Waals surface area contributed by atoms with Crippen molar-refractivity contribution in [1.82, 2.24) is 20.1 Å². The summed E-state index contributed by atoms with van der Waals surface area (Å²) >= 11 is 12.7. The van der Waals surface area contributed by atoms with Crippen LogP contribution in [0.2, 0.25) is 10.0 Å². The average molecular weight is 446 g/mol. The second-order valence-electron chi connectivity index (χ2n) is 7.57. The van der Waals surface area contributed by atoms with Crippen molar-refractivity contribution in [2.75, 3.05) is 45.2 Å². The molecule has 30 heavy (non-hydrogen) atoms. The van der Waals surface area contributed by atoms with E-state index < -0.39 is 5.66 Å². The van der Waals surface area contributed by atoms with Crippen LogP contribution in [0.5, 0.6) is 0 Å². The average Bonchev–Trinajstić information content (AvgIpc) is 2.76. The van der Waals surface area contributed by atoms with E-state index in [-0.39, 0.29) is 0 Å². The Morgan fingerprint density at radius 2 is 1.77 bits per heavy atom. The van der Waals surface area contributed by atoms with Crippen molar-refractivity contribution in [1.29, 1.82) is 0 Å². The van der Waals surface area contributed by atoms with Crippen molar-refractivity contribution >= 4 is 35.0 Å². The fraction of sp³-hybridized carbons (Fsp3) is 0.333. The molecule has 4 rings (SSSR count). The van der Waals surface area contributed by atoms with Crippen molar-refractivity contribution < 1.29 is 0 Å². The minimum absolute atomic E-state index is 0.418. The molecule has 2 aliphatic heterocycles. The molecule has 0 radical (unpaired) electrons. The molecule has 158 valence electrons. The van der Waals surface area contributed by atoms with Crippen LogP contribution >= 0.6 is 23.2 Å². The van der Waals surface area contributed by atoms with Crippen molar-refractivity contribution in [3.63, 3.8) is 0 Å². The lowest BCUT2D eigenvalue weighted by Crippen LogP contribution is -2.56. The Hall–Kier alpha value is -2.48. The number of rotatable bonds is 3. The molecule has 0 aliphatic carbocycles. The molecular formula is C21H25Cl2N7. The number of hydrogen-bond donors (Lipinski definition) is 2. The van der Waals surface area contributed by atoms with Gasteiger partial charge in [0.1, 0.15) is 11.6 Å². The van der Waals surface area contributed by atoms with E-state index in [0.717, 1.165) is 43.8 Å². The van der Waals surface area contributed by atoms with E-state index in [1.807, 2.05) is 61.6 Å². The second kappa shape index (κ2) is 8.34. The third-order valence-electron chi connectivity index (χ3n) is 5.30. The summed E-state index contributed by atoms with van der Waals surface area (Å²) in [5.74, 6) is 2.56. The highest BCUT2D eigenvalue weighted by Crippen LogP contribution is 2.35. The summed E-state index contributed by atoms with van der Waals surface area (Å²) in [7, 11) is 3.92. The van der Waals surface area contributed by atoms with E-state index in [4.69, 9.17) is 33.9 Å². The van der Waals surface area contributed by atoms with Crippen molar-refractivity contribution in [2.24, 2.45) is 10.7 Å². The molecule has 1 aromatic heterocycles. The predicted octanol–water partition coefficient (Wildman–Crippen LogP) is 2.68. The van der Waals surface area contributed by atoms with Crippen LogP contribution in [-0.2, 0) is 5.66 Å². The zero-order chi connectivity index (χ0) is 21.3. The lowest BCUT2D eigenvalue weighted by atomic mass is 9.99. The van der Waals surface area contributed by atoms with Gasteiger partial charge in [-0.3, -0.25) is 5.73 Å². The van der Waals surface area contributed by atoms with E-state index in [9.17, 15) is 0 Å². The highest BCUT2D eigenvalue weighted by Gasteiger charge is 2.35. The first-order chi connectivity index (χ1) is 14.4. The van der Waals surface area contributed by atoms with Crippen LogP contribution in [0.3, 0.4) is 0 Å². The maximum absolute atomic E-state index is 6.77. The van der Waals surface area contributed by atoms with E-state index in [2.05, 4.69) is 20.1 Å². The molecule has 9 heteroatoms. The van der Waals surface area contributed by atoms with Crippen LogP contribution in [0, 0.1) is 0 Å². The molecule has 0 amide bonds. The molecule has 2 aromatic rings. The topological polar surface area (TPSA) is 73.0 Å². The zero-order valence-electron chi connectivity index (χ0n) is 17.0. The summed E-state index contributed by atoms with van der Waals surface area (Å²) in [5.41, 5.74) is 6.32. The lowest BCUT2D eigenvalue weighted by Gasteiger charge is -2.41. The molecule has 1 saturated heterocycles. The predicted molar refractivity (Wildman–Crippen MR) is 123 cm³/mol. The first-order valence-electron chi connectivity index (χ1n) is 9.79. The number of nitrogens with zero attached hydrogens (tertiary/aromatic N) is 5. The summed E-state index contributed by atoms with van der Waals surface area (Å²) in [6, 6.07) is 11.4. The fourth-order valence-corrected chi connectivity index (χ4v) is 4.08. The van der Waals surface area contributed by atoms with Gasteiger partial charge in [0.05, 0.1) is 10.0 Å². The molecule has 0 saturated carbocycles. The monoisotopic (exact) mass is 445 g/mol. The maximum Gasteiger partial charge on any atom is 0.202 e. The van der Waals surface area contributed by atoms with Crippen molar-refractivity contribution in [3.8, 4) is 0 Å². The standard InChI is InChI=1S/C21H25Cl2N7/c1-28(2)18-14-21(24,15-6-5-7-16(22)19(15)23)27-20(26-18)30-12-10-29(11-13-30)17-8-3-4-9-25-17/h3-9,14H,10-13,24H2,1-2H3,(H,26,27). The van der Waals surface area contributed by atoms with Crippen LogP contribution < -0.4 is 16.0 Å². The van der Waals surface area contributed by atoms with Gasteiger partial charge in [0, 0.05) is 58.1 Å². The Kier molecular flexibility index (Phi) is 5.77. The van der Waals surface area contributed by atoms with Gasteiger partial charge >= 0.3 is 0 Å². The Balaban J connectivity index is 1.61. The third-order valence-corrected chi connectivity index (χ3v) is 6.12. The molecule has 3 N–H and O–H groups in total. The van der Waals surface area contributed by atoms with Crippen LogP contribution in [0.1, 0.15) is 5.56 Å². The largest absolute Gasteiger partial charge is 0.364 e. The van der Waals surface area contributed by atoms with Gasteiger partial charge in [0.15, 0.2) is 5.66 Å². The minimum Gasteiger partial charge on any atom is -0.364 e. The highest BCUT2D eigenvalue weighted by molar-refractivity contribution is 6.42. The van der Waals surface area contributed by atoms with Gasteiger partial charge in [0.2, 0.25) is 5.96 Å². The Morgan fingerprint density at radius 1 is 1.03 bits per heavy atom. The molecule has 1 atom stereocenters. The molecule has 3 heterocycles. The van der Waals surface area contributed by atoms with E-state index in [1.54, 1.807) is 6.07 Å². The van der Waals surface area contributed by atoms with Gasteiger partial charge in [-0.05, 0) is 18.2 Å². The van der Waals surface area contributed by atoms with E-state index in [1.165, 1.54) is 0 Å². The quantitative estimate of drug-likeness (QED) is 0.756. The molecule has 0 spiro atoms. The van der Waals surface area contributed by atoms with Crippen LogP contribution in [-0.4, -0.2) is 61.0 Å². The molecule has 1 aromatic carbocycles. The summed E-state index contributed by atoms with van der Waals surface area (Å²) < 4.78 is 0. The molecule has 2 aliphatic rings. The minimum atomic E-state index is -1.12. The number of benzene rings is 1. The number of aromatic nitrogens is 1. The first kappa shape index (κ1) is 20.8. The number of halogens is 2. The number of anilines is 1. The number of guanidine groups is 1. The fourth-order valence-electron chi connectivity index (χ4n) is 3.62. The second-order valence-corrected chi connectivity index (χ2v) is 8.36. The zero-order valence-corrected chi connectivity index (χ0v) is 18.5. The molecular weight excluding hydrogens is 421 g/mol. The van der Waals surface area contributed by atoms with Crippen molar-refractivity contribution in [3.05, 3.63) is 70.1 Å².